The average Bonchev–Trinajstić information content (AvgIpc) is 2.70. The maximum Gasteiger partial charge on any atom is 0.107 e. The Labute approximate surface area is 132 Å². The molecule has 2 aromatic rings. The molecule has 1 nitrogen and oxygen atoms in total. The van der Waals surface area contributed by atoms with Crippen molar-refractivity contribution in [3.8, 4) is 0 Å². The first kappa shape index (κ1) is 15.0. The van der Waals surface area contributed by atoms with Gasteiger partial charge in [-0.15, -0.1) is 11.3 Å². The summed E-state index contributed by atoms with van der Waals surface area (Å²) in [6, 6.07) is 11.0. The predicted octanol–water partition coefficient (Wildman–Crippen LogP) is 5.56. The Morgan fingerprint density at radius 2 is 2.16 bits per heavy atom. The molecule has 0 aliphatic rings. The Bertz CT molecular complexity index is 533. The van der Waals surface area contributed by atoms with Crippen molar-refractivity contribution in [2.75, 3.05) is 6.54 Å². The third-order valence-corrected chi connectivity index (χ3v) is 5.46. The molecular weight excluding hydrogens is 342 g/mol. The topological polar surface area (TPSA) is 12.0 Å². The molecule has 1 heterocycles. The Morgan fingerprint density at radius 3 is 2.74 bits per heavy atom. The highest BCUT2D eigenvalue weighted by molar-refractivity contribution is 9.10. The summed E-state index contributed by atoms with van der Waals surface area (Å²) in [5.41, 5.74) is 2.57. The van der Waals surface area contributed by atoms with E-state index in [-0.39, 0.29) is 6.04 Å². The fourth-order valence-electron chi connectivity index (χ4n) is 2.03. The van der Waals surface area contributed by atoms with Gasteiger partial charge >= 0.3 is 0 Å². The summed E-state index contributed by atoms with van der Waals surface area (Å²) in [6.45, 7) is 5.29. The maximum absolute atomic E-state index is 6.17. The van der Waals surface area contributed by atoms with Crippen LogP contribution in [0.3, 0.4) is 0 Å². The van der Waals surface area contributed by atoms with Crippen LogP contribution in [0.2, 0.25) is 4.34 Å². The summed E-state index contributed by atoms with van der Waals surface area (Å²) in [6.07, 6.45) is 1.11. The second kappa shape index (κ2) is 6.89. The van der Waals surface area contributed by atoms with E-state index in [9.17, 15) is 0 Å². The first-order valence-electron chi connectivity index (χ1n) is 6.36. The fraction of sp³-hybridized carbons (Fsp3) is 0.333. The summed E-state index contributed by atoms with van der Waals surface area (Å²) in [5.74, 6) is 0. The second-order valence-electron chi connectivity index (χ2n) is 4.57. The van der Waals surface area contributed by atoms with Gasteiger partial charge in [-0.25, -0.2) is 0 Å². The van der Waals surface area contributed by atoms with E-state index in [1.807, 2.05) is 0 Å². The Balaban J connectivity index is 2.35. The monoisotopic (exact) mass is 357 g/mol. The van der Waals surface area contributed by atoms with E-state index in [4.69, 9.17) is 11.6 Å². The largest absolute Gasteiger partial charge is 0.306 e. The summed E-state index contributed by atoms with van der Waals surface area (Å²) < 4.78 is 1.79. The van der Waals surface area contributed by atoms with E-state index in [1.54, 1.807) is 11.3 Å². The highest BCUT2D eigenvalue weighted by Gasteiger charge is 2.17. The van der Waals surface area contributed by atoms with Crippen LogP contribution in [0.1, 0.15) is 35.4 Å². The quantitative estimate of drug-likeness (QED) is 0.737. The smallest absolute Gasteiger partial charge is 0.107 e. The van der Waals surface area contributed by atoms with E-state index in [0.717, 1.165) is 21.8 Å². The molecular formula is C15H17BrClNS. The normalized spacial score (nSPS) is 12.6. The van der Waals surface area contributed by atoms with Gasteiger partial charge in [-0.2, -0.15) is 0 Å². The average molecular weight is 359 g/mol. The highest BCUT2D eigenvalue weighted by Crippen LogP contribution is 2.37. The lowest BCUT2D eigenvalue weighted by atomic mass is 10.0. The van der Waals surface area contributed by atoms with Gasteiger partial charge in [-0.3, -0.25) is 0 Å². The standard InChI is InChI=1S/C15H17BrClNS/c1-3-7-18-14(11-6-4-5-10(2)8-11)13-9-12(16)15(17)19-13/h4-6,8-9,14,18H,3,7H2,1-2H3. The minimum atomic E-state index is 0.216. The summed E-state index contributed by atoms with van der Waals surface area (Å²) in [7, 11) is 0. The van der Waals surface area contributed by atoms with Gasteiger partial charge in [0.1, 0.15) is 4.34 Å². The van der Waals surface area contributed by atoms with Crippen molar-refractivity contribution in [2.45, 2.75) is 26.3 Å². The lowest BCUT2D eigenvalue weighted by Crippen LogP contribution is -2.22. The number of hydrogen-bond donors (Lipinski definition) is 1. The van der Waals surface area contributed by atoms with Gasteiger partial charge in [-0.05, 0) is 47.4 Å². The van der Waals surface area contributed by atoms with E-state index in [2.05, 4.69) is 65.4 Å². The van der Waals surface area contributed by atoms with Gasteiger partial charge in [0.2, 0.25) is 0 Å². The molecule has 0 spiro atoms. The molecule has 0 bridgehead atoms. The van der Waals surface area contributed by atoms with E-state index >= 15 is 0 Å². The van der Waals surface area contributed by atoms with Crippen molar-refractivity contribution in [3.05, 3.63) is 55.1 Å². The van der Waals surface area contributed by atoms with Crippen LogP contribution in [0.15, 0.2) is 34.8 Å². The van der Waals surface area contributed by atoms with Crippen molar-refractivity contribution in [2.24, 2.45) is 0 Å². The van der Waals surface area contributed by atoms with Crippen LogP contribution in [0.25, 0.3) is 0 Å². The summed E-state index contributed by atoms with van der Waals surface area (Å²) in [4.78, 5) is 1.25. The van der Waals surface area contributed by atoms with Crippen molar-refractivity contribution < 1.29 is 0 Å². The van der Waals surface area contributed by atoms with Crippen molar-refractivity contribution in [1.82, 2.24) is 5.32 Å². The van der Waals surface area contributed by atoms with Crippen LogP contribution < -0.4 is 5.32 Å². The van der Waals surface area contributed by atoms with Crippen LogP contribution in [0, 0.1) is 6.92 Å². The molecule has 0 fully saturated rings. The number of rotatable bonds is 5. The zero-order valence-electron chi connectivity index (χ0n) is 11.0. The molecule has 1 aromatic heterocycles. The molecule has 1 unspecified atom stereocenters. The first-order chi connectivity index (χ1) is 9.11. The number of halogens is 2. The lowest BCUT2D eigenvalue weighted by Gasteiger charge is -2.18. The molecule has 0 radical (unpaired) electrons. The summed E-state index contributed by atoms with van der Waals surface area (Å²) in [5, 5.41) is 3.60. The zero-order valence-corrected chi connectivity index (χ0v) is 14.2. The van der Waals surface area contributed by atoms with Gasteiger partial charge in [0.25, 0.3) is 0 Å². The van der Waals surface area contributed by atoms with Crippen LogP contribution >= 0.6 is 38.9 Å². The number of nitrogens with one attached hydrogen (secondary N) is 1. The minimum absolute atomic E-state index is 0.216. The van der Waals surface area contributed by atoms with Gasteiger partial charge in [0, 0.05) is 9.35 Å². The molecule has 4 heteroatoms. The van der Waals surface area contributed by atoms with Gasteiger partial charge in [-0.1, -0.05) is 48.4 Å². The van der Waals surface area contributed by atoms with Gasteiger partial charge in [0.05, 0.1) is 6.04 Å². The molecule has 1 N–H and O–H groups in total. The molecule has 1 atom stereocenters. The summed E-state index contributed by atoms with van der Waals surface area (Å²) >= 11 is 11.3. The molecule has 0 aliphatic carbocycles. The zero-order chi connectivity index (χ0) is 13.8. The predicted molar refractivity (Wildman–Crippen MR) is 88.3 cm³/mol. The van der Waals surface area contributed by atoms with Crippen LogP contribution in [0.4, 0.5) is 0 Å². The van der Waals surface area contributed by atoms with Crippen LogP contribution in [0.5, 0.6) is 0 Å². The van der Waals surface area contributed by atoms with E-state index < -0.39 is 0 Å². The van der Waals surface area contributed by atoms with Crippen molar-refractivity contribution >= 4 is 38.9 Å². The third kappa shape index (κ3) is 3.82. The molecule has 19 heavy (non-hydrogen) atoms. The third-order valence-electron chi connectivity index (χ3n) is 2.92. The Kier molecular flexibility index (Phi) is 5.46. The second-order valence-corrected chi connectivity index (χ2v) is 7.11. The number of thiophene rings is 1. The van der Waals surface area contributed by atoms with Crippen LogP contribution in [-0.4, -0.2) is 6.54 Å². The van der Waals surface area contributed by atoms with Crippen molar-refractivity contribution in [3.63, 3.8) is 0 Å². The molecule has 2 rings (SSSR count). The lowest BCUT2D eigenvalue weighted by molar-refractivity contribution is 0.605. The molecule has 102 valence electrons. The molecule has 0 amide bonds. The number of benzene rings is 1. The van der Waals surface area contributed by atoms with Crippen molar-refractivity contribution in [1.29, 1.82) is 0 Å². The Morgan fingerprint density at radius 1 is 1.37 bits per heavy atom. The van der Waals surface area contributed by atoms with E-state index in [1.165, 1.54) is 16.0 Å². The number of aryl methyl sites for hydroxylation is 1. The van der Waals surface area contributed by atoms with E-state index in [0.29, 0.717) is 0 Å². The molecule has 0 saturated carbocycles. The molecule has 1 aromatic carbocycles. The van der Waals surface area contributed by atoms with Gasteiger partial charge < -0.3 is 5.32 Å². The van der Waals surface area contributed by atoms with Crippen LogP contribution in [-0.2, 0) is 0 Å². The highest BCUT2D eigenvalue weighted by atomic mass is 79.9. The first-order valence-corrected chi connectivity index (χ1v) is 8.35. The SMILES string of the molecule is CCCNC(c1cccc(C)c1)c1cc(Br)c(Cl)s1. The minimum Gasteiger partial charge on any atom is -0.306 e. The Hall–Kier alpha value is -0.350. The molecule has 0 saturated heterocycles. The maximum atomic E-state index is 6.17. The molecule has 0 aliphatic heterocycles. The number of hydrogen-bond acceptors (Lipinski definition) is 2. The fourth-order valence-corrected chi connectivity index (χ4v) is 3.87. The van der Waals surface area contributed by atoms with Gasteiger partial charge in [0.15, 0.2) is 0 Å².